The maximum Gasteiger partial charge on any atom is 0.280 e. The molecule has 4 rings (SSSR count). The Balaban J connectivity index is 1.80. The quantitative estimate of drug-likeness (QED) is 0.523. The number of hydrogen-bond donors (Lipinski definition) is 0. The van der Waals surface area contributed by atoms with Crippen molar-refractivity contribution in [3.8, 4) is 0 Å². The van der Waals surface area contributed by atoms with Crippen LogP contribution in [0.3, 0.4) is 0 Å². The first-order chi connectivity index (χ1) is 13.4. The largest absolute Gasteiger partial charge is 0.280 e. The van der Waals surface area contributed by atoms with Gasteiger partial charge in [0.1, 0.15) is 0 Å². The van der Waals surface area contributed by atoms with Crippen LogP contribution in [0.1, 0.15) is 33.0 Å². The lowest BCUT2D eigenvalue weighted by Gasteiger charge is -2.18. The number of fused-ring (bicyclic) bond motifs is 1. The number of rotatable bonds is 4. The first kappa shape index (κ1) is 18.3. The van der Waals surface area contributed by atoms with Crippen LogP contribution < -0.4 is 4.90 Å². The van der Waals surface area contributed by atoms with E-state index in [9.17, 15) is 4.79 Å². The molecule has 0 N–H and O–H groups in total. The first-order valence-electron chi connectivity index (χ1n) is 9.02. The molecule has 0 aliphatic heterocycles. The normalized spacial score (nSPS) is 11.1. The zero-order valence-electron chi connectivity index (χ0n) is 16.3. The Morgan fingerprint density at radius 1 is 1.18 bits per heavy atom. The van der Waals surface area contributed by atoms with Gasteiger partial charge in [-0.3, -0.25) is 19.4 Å². The smallest absolute Gasteiger partial charge is 0.276 e. The molecule has 6 nitrogen and oxygen atoms in total. The summed E-state index contributed by atoms with van der Waals surface area (Å²) < 4.78 is 2.78. The van der Waals surface area contributed by atoms with E-state index in [1.54, 1.807) is 21.8 Å². The van der Waals surface area contributed by atoms with Gasteiger partial charge in [-0.25, -0.2) is 4.98 Å². The van der Waals surface area contributed by atoms with Gasteiger partial charge in [0, 0.05) is 18.9 Å². The molecular weight excluding hydrogens is 370 g/mol. The molecule has 0 atom stereocenters. The Labute approximate surface area is 167 Å². The molecule has 0 radical (unpaired) electrons. The van der Waals surface area contributed by atoms with Crippen molar-refractivity contribution in [3.63, 3.8) is 0 Å². The highest BCUT2D eigenvalue weighted by molar-refractivity contribution is 7.22. The molecular formula is C21H21N5OS. The van der Waals surface area contributed by atoms with Crippen LogP contribution in [0, 0.1) is 20.8 Å². The van der Waals surface area contributed by atoms with Crippen molar-refractivity contribution >= 4 is 32.6 Å². The molecule has 0 spiro atoms. The van der Waals surface area contributed by atoms with Gasteiger partial charge in [0.25, 0.3) is 5.91 Å². The van der Waals surface area contributed by atoms with Crippen molar-refractivity contribution < 1.29 is 4.79 Å². The molecule has 0 aliphatic rings. The Kier molecular flexibility index (Phi) is 4.68. The minimum Gasteiger partial charge on any atom is -0.276 e. The van der Waals surface area contributed by atoms with Crippen LogP contribution in [0.4, 0.5) is 5.13 Å². The molecule has 0 fully saturated rings. The van der Waals surface area contributed by atoms with Crippen LogP contribution >= 0.6 is 11.3 Å². The number of carbonyl (C=O) groups excluding carboxylic acids is 1. The fourth-order valence-corrected chi connectivity index (χ4v) is 4.30. The van der Waals surface area contributed by atoms with Crippen LogP contribution in [0.15, 0.2) is 42.6 Å². The van der Waals surface area contributed by atoms with Crippen molar-refractivity contribution in [1.29, 1.82) is 0 Å². The van der Waals surface area contributed by atoms with Gasteiger partial charge < -0.3 is 0 Å². The Bertz CT molecular complexity index is 1140. The zero-order valence-corrected chi connectivity index (χ0v) is 17.1. The van der Waals surface area contributed by atoms with E-state index in [0.29, 0.717) is 17.4 Å². The molecule has 28 heavy (non-hydrogen) atoms. The Morgan fingerprint density at radius 2 is 2.00 bits per heavy atom. The summed E-state index contributed by atoms with van der Waals surface area (Å²) in [5.41, 5.74) is 5.36. The average molecular weight is 392 g/mol. The van der Waals surface area contributed by atoms with Crippen LogP contribution in [-0.4, -0.2) is 25.7 Å². The summed E-state index contributed by atoms with van der Waals surface area (Å²) in [7, 11) is 1.83. The van der Waals surface area contributed by atoms with Crippen LogP contribution in [-0.2, 0) is 13.6 Å². The van der Waals surface area contributed by atoms with E-state index in [2.05, 4.69) is 29.1 Å². The van der Waals surface area contributed by atoms with E-state index in [1.807, 2.05) is 39.1 Å². The van der Waals surface area contributed by atoms with E-state index in [0.717, 1.165) is 27.2 Å². The van der Waals surface area contributed by atoms with Gasteiger partial charge >= 0.3 is 0 Å². The SMILES string of the molecule is Cc1cc(C)c2nc(N(Cc3ccccn3)C(=O)c3cc(C)n(C)n3)sc2c1. The molecule has 0 bridgehead atoms. The second kappa shape index (κ2) is 7.16. The molecule has 0 saturated carbocycles. The molecule has 142 valence electrons. The fraction of sp³-hybridized carbons (Fsp3) is 0.238. The summed E-state index contributed by atoms with van der Waals surface area (Å²) in [6.45, 7) is 6.38. The van der Waals surface area contributed by atoms with Gasteiger partial charge in [-0.1, -0.05) is 23.5 Å². The second-order valence-electron chi connectivity index (χ2n) is 6.93. The molecule has 1 amide bonds. The predicted molar refractivity (Wildman–Crippen MR) is 112 cm³/mol. The number of carbonyl (C=O) groups is 1. The Hall–Kier alpha value is -3.06. The molecule has 3 heterocycles. The second-order valence-corrected chi connectivity index (χ2v) is 7.94. The lowest BCUT2D eigenvalue weighted by atomic mass is 10.1. The number of hydrogen-bond acceptors (Lipinski definition) is 5. The van der Waals surface area contributed by atoms with E-state index in [4.69, 9.17) is 4.98 Å². The average Bonchev–Trinajstić information content (AvgIpc) is 3.23. The van der Waals surface area contributed by atoms with E-state index in [1.165, 1.54) is 16.9 Å². The maximum atomic E-state index is 13.3. The number of nitrogens with zero attached hydrogens (tertiary/aromatic N) is 5. The van der Waals surface area contributed by atoms with Gasteiger partial charge in [-0.05, 0) is 56.2 Å². The molecule has 7 heteroatoms. The summed E-state index contributed by atoms with van der Waals surface area (Å²) in [5.74, 6) is -0.178. The molecule has 0 unspecified atom stereocenters. The molecule has 0 aliphatic carbocycles. The minimum atomic E-state index is -0.178. The van der Waals surface area contributed by atoms with Crippen molar-refractivity contribution in [1.82, 2.24) is 19.7 Å². The number of pyridine rings is 1. The molecule has 3 aromatic heterocycles. The van der Waals surface area contributed by atoms with Crippen LogP contribution in [0.5, 0.6) is 0 Å². The summed E-state index contributed by atoms with van der Waals surface area (Å²) in [5, 5.41) is 5.02. The predicted octanol–water partition coefficient (Wildman–Crippen LogP) is 4.20. The van der Waals surface area contributed by atoms with Crippen molar-refractivity contribution in [2.24, 2.45) is 7.05 Å². The third kappa shape index (κ3) is 3.41. The lowest BCUT2D eigenvalue weighted by Crippen LogP contribution is -2.31. The van der Waals surface area contributed by atoms with E-state index >= 15 is 0 Å². The number of benzene rings is 1. The molecule has 4 aromatic rings. The Morgan fingerprint density at radius 3 is 2.68 bits per heavy atom. The first-order valence-corrected chi connectivity index (χ1v) is 9.84. The zero-order chi connectivity index (χ0) is 19.8. The standard InChI is InChI=1S/C21H21N5OS/c1-13-9-14(2)19-18(10-13)28-21(23-19)26(12-16-7-5-6-8-22-16)20(27)17-11-15(3)25(4)24-17/h5-11H,12H2,1-4H3. The van der Waals surface area contributed by atoms with Gasteiger partial charge in [-0.2, -0.15) is 5.10 Å². The highest BCUT2D eigenvalue weighted by atomic mass is 32.1. The highest BCUT2D eigenvalue weighted by Crippen LogP contribution is 2.33. The van der Waals surface area contributed by atoms with E-state index in [-0.39, 0.29) is 5.91 Å². The number of aromatic nitrogens is 4. The summed E-state index contributed by atoms with van der Waals surface area (Å²) >= 11 is 1.52. The molecule has 1 aromatic carbocycles. The monoisotopic (exact) mass is 391 g/mol. The summed E-state index contributed by atoms with van der Waals surface area (Å²) in [6.07, 6.45) is 1.73. The topological polar surface area (TPSA) is 63.9 Å². The third-order valence-electron chi connectivity index (χ3n) is 4.67. The minimum absolute atomic E-state index is 0.178. The van der Waals surface area contributed by atoms with Gasteiger partial charge in [-0.15, -0.1) is 0 Å². The fourth-order valence-electron chi connectivity index (χ4n) is 3.16. The number of anilines is 1. The molecule has 0 saturated heterocycles. The highest BCUT2D eigenvalue weighted by Gasteiger charge is 2.25. The van der Waals surface area contributed by atoms with Gasteiger partial charge in [0.05, 0.1) is 22.5 Å². The van der Waals surface area contributed by atoms with Crippen molar-refractivity contribution in [2.75, 3.05) is 4.90 Å². The summed E-state index contributed by atoms with van der Waals surface area (Å²) in [4.78, 5) is 24.2. The van der Waals surface area contributed by atoms with Gasteiger partial charge in [0.2, 0.25) is 0 Å². The van der Waals surface area contributed by atoms with E-state index < -0.39 is 0 Å². The number of aryl methyl sites for hydroxylation is 4. The van der Waals surface area contributed by atoms with Crippen LogP contribution in [0.25, 0.3) is 10.2 Å². The maximum absolute atomic E-state index is 13.3. The third-order valence-corrected chi connectivity index (χ3v) is 5.70. The number of thiazole rings is 1. The van der Waals surface area contributed by atoms with Crippen LogP contribution in [0.2, 0.25) is 0 Å². The van der Waals surface area contributed by atoms with Crippen molar-refractivity contribution in [2.45, 2.75) is 27.3 Å². The number of amides is 1. The van der Waals surface area contributed by atoms with Crippen molar-refractivity contribution in [3.05, 3.63) is 70.8 Å². The summed E-state index contributed by atoms with van der Waals surface area (Å²) in [6, 6.07) is 11.7. The lowest BCUT2D eigenvalue weighted by molar-refractivity contribution is 0.0979. The van der Waals surface area contributed by atoms with Gasteiger partial charge in [0.15, 0.2) is 10.8 Å².